The van der Waals surface area contributed by atoms with Gasteiger partial charge in [-0.3, -0.25) is 0 Å². The van der Waals surface area contributed by atoms with Crippen molar-refractivity contribution in [3.63, 3.8) is 0 Å². The Morgan fingerprint density at radius 2 is 2.05 bits per heavy atom. The molecule has 0 radical (unpaired) electrons. The third kappa shape index (κ3) is 4.38. The summed E-state index contributed by atoms with van der Waals surface area (Å²) in [5.41, 5.74) is 2.21. The fourth-order valence-corrected chi connectivity index (χ4v) is 2.86. The first-order chi connectivity index (χ1) is 9.79. The molecule has 2 aromatic rings. The summed E-state index contributed by atoms with van der Waals surface area (Å²) < 4.78 is 6.80. The summed E-state index contributed by atoms with van der Waals surface area (Å²) in [6, 6.07) is 8.93. The number of benzene rings is 1. The van der Waals surface area contributed by atoms with Crippen LogP contribution in [0.15, 0.2) is 34.1 Å². The lowest BCUT2D eigenvalue weighted by molar-refractivity contribution is 0.105. The van der Waals surface area contributed by atoms with Crippen molar-refractivity contribution >= 4 is 27.3 Å². The maximum atomic E-state index is 5.71. The first kappa shape index (κ1) is 14.2. The monoisotopic (exact) mass is 352 g/mol. The average molecular weight is 353 g/mol. The maximum absolute atomic E-state index is 5.71. The van der Waals surface area contributed by atoms with E-state index in [9.17, 15) is 0 Å². The number of hydrogen-bond donors (Lipinski definition) is 1. The standard InChI is InChI=1S/C15H17BrN2OS/c16-12-3-1-11(2-4-12)8-19-9-14-10-20-15(18-14)7-17-13-5-6-13/h1-4,10,13,17H,5-9H2. The molecule has 0 saturated heterocycles. The molecule has 1 aliphatic carbocycles. The fourth-order valence-electron chi connectivity index (χ4n) is 1.87. The number of aromatic nitrogens is 1. The van der Waals surface area contributed by atoms with Gasteiger partial charge < -0.3 is 10.1 Å². The first-order valence-electron chi connectivity index (χ1n) is 6.78. The van der Waals surface area contributed by atoms with E-state index in [-0.39, 0.29) is 0 Å². The van der Waals surface area contributed by atoms with Gasteiger partial charge in [0.25, 0.3) is 0 Å². The van der Waals surface area contributed by atoms with Crippen molar-refractivity contribution in [2.45, 2.75) is 38.6 Å². The largest absolute Gasteiger partial charge is 0.370 e. The molecule has 5 heteroatoms. The lowest BCUT2D eigenvalue weighted by Gasteiger charge is -2.02. The molecule has 106 valence electrons. The predicted octanol–water partition coefficient (Wildman–Crippen LogP) is 3.87. The van der Waals surface area contributed by atoms with Crippen LogP contribution in [-0.2, 0) is 24.5 Å². The van der Waals surface area contributed by atoms with Crippen LogP contribution in [-0.4, -0.2) is 11.0 Å². The van der Waals surface area contributed by atoms with E-state index in [1.807, 2.05) is 12.1 Å². The van der Waals surface area contributed by atoms with E-state index >= 15 is 0 Å². The number of nitrogens with one attached hydrogen (secondary N) is 1. The van der Waals surface area contributed by atoms with E-state index in [1.165, 1.54) is 18.4 Å². The number of halogens is 1. The second kappa shape index (κ2) is 6.80. The number of thiazole rings is 1. The van der Waals surface area contributed by atoms with Crippen molar-refractivity contribution in [3.8, 4) is 0 Å². The Hall–Kier alpha value is -0.750. The molecule has 1 N–H and O–H groups in total. The van der Waals surface area contributed by atoms with Gasteiger partial charge in [0.15, 0.2) is 0 Å². The van der Waals surface area contributed by atoms with Crippen LogP contribution < -0.4 is 5.32 Å². The molecule has 3 rings (SSSR count). The smallest absolute Gasteiger partial charge is 0.107 e. The lowest BCUT2D eigenvalue weighted by Crippen LogP contribution is -2.15. The van der Waals surface area contributed by atoms with Crippen LogP contribution in [0.1, 0.15) is 29.1 Å². The molecule has 1 fully saturated rings. The van der Waals surface area contributed by atoms with Crippen molar-refractivity contribution in [2.24, 2.45) is 0 Å². The Balaban J connectivity index is 1.42. The van der Waals surface area contributed by atoms with E-state index in [0.717, 1.165) is 27.8 Å². The number of rotatable bonds is 7. The van der Waals surface area contributed by atoms with Crippen molar-refractivity contribution in [1.82, 2.24) is 10.3 Å². The summed E-state index contributed by atoms with van der Waals surface area (Å²) in [4.78, 5) is 4.58. The molecule has 1 aromatic carbocycles. The molecule has 1 saturated carbocycles. The van der Waals surface area contributed by atoms with Gasteiger partial charge in [-0.15, -0.1) is 11.3 Å². The average Bonchev–Trinajstić information content (AvgIpc) is 3.18. The molecule has 20 heavy (non-hydrogen) atoms. The molecule has 3 nitrogen and oxygen atoms in total. The van der Waals surface area contributed by atoms with E-state index < -0.39 is 0 Å². The van der Waals surface area contributed by atoms with Crippen LogP contribution in [0, 0.1) is 0 Å². The van der Waals surface area contributed by atoms with E-state index in [1.54, 1.807) is 11.3 Å². The van der Waals surface area contributed by atoms with Gasteiger partial charge in [0.05, 0.1) is 18.9 Å². The van der Waals surface area contributed by atoms with Crippen molar-refractivity contribution < 1.29 is 4.74 Å². The van der Waals surface area contributed by atoms with Crippen LogP contribution >= 0.6 is 27.3 Å². The van der Waals surface area contributed by atoms with Gasteiger partial charge >= 0.3 is 0 Å². The summed E-state index contributed by atoms with van der Waals surface area (Å²) in [5.74, 6) is 0. The normalized spacial score (nSPS) is 14.7. The minimum absolute atomic E-state index is 0.579. The van der Waals surface area contributed by atoms with Gasteiger partial charge in [0.1, 0.15) is 5.01 Å². The van der Waals surface area contributed by atoms with Gasteiger partial charge in [0, 0.05) is 22.4 Å². The number of nitrogens with zero attached hydrogens (tertiary/aromatic N) is 1. The molecule has 1 aliphatic rings. The van der Waals surface area contributed by atoms with E-state index in [2.05, 4.69) is 43.7 Å². The first-order valence-corrected chi connectivity index (χ1v) is 8.46. The molecule has 0 unspecified atom stereocenters. The summed E-state index contributed by atoms with van der Waals surface area (Å²) >= 11 is 5.13. The highest BCUT2D eigenvalue weighted by Gasteiger charge is 2.20. The minimum Gasteiger partial charge on any atom is -0.370 e. The lowest BCUT2D eigenvalue weighted by atomic mass is 10.2. The highest BCUT2D eigenvalue weighted by atomic mass is 79.9. The molecule has 1 aromatic heterocycles. The molecule has 0 aliphatic heterocycles. The summed E-state index contributed by atoms with van der Waals surface area (Å²) in [7, 11) is 0. The molecule has 0 atom stereocenters. The van der Waals surface area contributed by atoms with Gasteiger partial charge in [-0.25, -0.2) is 4.98 Å². The van der Waals surface area contributed by atoms with Gasteiger partial charge in [0.2, 0.25) is 0 Å². The zero-order valence-corrected chi connectivity index (χ0v) is 13.5. The zero-order valence-electron chi connectivity index (χ0n) is 11.1. The summed E-state index contributed by atoms with van der Waals surface area (Å²) in [5, 5.41) is 6.72. The maximum Gasteiger partial charge on any atom is 0.107 e. The van der Waals surface area contributed by atoms with Gasteiger partial charge in [-0.05, 0) is 30.5 Å². The van der Waals surface area contributed by atoms with Crippen molar-refractivity contribution in [1.29, 1.82) is 0 Å². The third-order valence-electron chi connectivity index (χ3n) is 3.15. The molecule has 0 spiro atoms. The van der Waals surface area contributed by atoms with Crippen LogP contribution in [0.5, 0.6) is 0 Å². The molecule has 1 heterocycles. The second-order valence-electron chi connectivity index (χ2n) is 5.01. The molecule has 0 bridgehead atoms. The van der Waals surface area contributed by atoms with Crippen molar-refractivity contribution in [3.05, 3.63) is 50.4 Å². The Kier molecular flexibility index (Phi) is 4.83. The predicted molar refractivity (Wildman–Crippen MR) is 84.6 cm³/mol. The van der Waals surface area contributed by atoms with Crippen LogP contribution in [0.25, 0.3) is 0 Å². The topological polar surface area (TPSA) is 34.1 Å². The number of ether oxygens (including phenoxy) is 1. The summed E-state index contributed by atoms with van der Waals surface area (Å²) in [6.45, 7) is 2.10. The Labute approximate surface area is 131 Å². The minimum atomic E-state index is 0.579. The number of hydrogen-bond acceptors (Lipinski definition) is 4. The Bertz CT molecular complexity index is 551. The van der Waals surface area contributed by atoms with Crippen LogP contribution in [0.2, 0.25) is 0 Å². The highest BCUT2D eigenvalue weighted by Crippen LogP contribution is 2.20. The molecular weight excluding hydrogens is 336 g/mol. The quantitative estimate of drug-likeness (QED) is 0.820. The third-order valence-corrected chi connectivity index (χ3v) is 4.58. The second-order valence-corrected chi connectivity index (χ2v) is 6.87. The van der Waals surface area contributed by atoms with E-state index in [4.69, 9.17) is 4.74 Å². The van der Waals surface area contributed by atoms with Gasteiger partial charge in [-0.2, -0.15) is 0 Å². The van der Waals surface area contributed by atoms with Gasteiger partial charge in [-0.1, -0.05) is 28.1 Å². The van der Waals surface area contributed by atoms with E-state index in [0.29, 0.717) is 13.2 Å². The van der Waals surface area contributed by atoms with Crippen molar-refractivity contribution in [2.75, 3.05) is 0 Å². The SMILES string of the molecule is Brc1ccc(COCc2csc(CNC3CC3)n2)cc1. The summed E-state index contributed by atoms with van der Waals surface area (Å²) in [6.07, 6.45) is 2.63. The molecular formula is C15H17BrN2OS. The molecule has 0 amide bonds. The zero-order chi connectivity index (χ0) is 13.8. The fraction of sp³-hybridized carbons (Fsp3) is 0.400. The highest BCUT2D eigenvalue weighted by molar-refractivity contribution is 9.10. The Morgan fingerprint density at radius 3 is 2.80 bits per heavy atom. The van der Waals surface area contributed by atoms with Crippen LogP contribution in [0.4, 0.5) is 0 Å². The van der Waals surface area contributed by atoms with Crippen LogP contribution in [0.3, 0.4) is 0 Å². The Morgan fingerprint density at radius 1 is 1.25 bits per heavy atom.